The minimum atomic E-state index is -2.93. The van der Waals surface area contributed by atoms with Gasteiger partial charge in [0.05, 0.1) is 5.56 Å². The lowest BCUT2D eigenvalue weighted by Gasteiger charge is -2.32. The molecule has 0 atom stereocenters. The fourth-order valence-electron chi connectivity index (χ4n) is 2.64. The van der Waals surface area contributed by atoms with Crippen molar-refractivity contribution < 1.29 is 18.3 Å². The van der Waals surface area contributed by atoms with Crippen LogP contribution in [-0.2, 0) is 0 Å². The monoisotopic (exact) mass is 298 g/mol. The van der Waals surface area contributed by atoms with E-state index in [1.165, 1.54) is 12.1 Å². The lowest BCUT2D eigenvalue weighted by atomic mass is 9.96. The van der Waals surface area contributed by atoms with E-state index in [0.717, 1.165) is 19.4 Å². The quantitative estimate of drug-likeness (QED) is 0.907. The molecule has 0 aliphatic carbocycles. The van der Waals surface area contributed by atoms with Crippen molar-refractivity contribution in [1.29, 1.82) is 0 Å². The summed E-state index contributed by atoms with van der Waals surface area (Å²) in [6.45, 7) is -0.699. The summed E-state index contributed by atoms with van der Waals surface area (Å²) in [5.41, 5.74) is 0.199. The molecule has 0 bridgehead atoms. The topological polar surface area (TPSA) is 41.6 Å². The highest BCUT2D eigenvalue weighted by molar-refractivity contribution is 5.97. The summed E-state index contributed by atoms with van der Waals surface area (Å²) in [5.74, 6) is 0.260. The molecule has 1 aromatic rings. The van der Waals surface area contributed by atoms with Gasteiger partial charge in [-0.2, -0.15) is 8.78 Å². The molecular formula is C15H20F2N2O2. The second kappa shape index (κ2) is 7.36. The van der Waals surface area contributed by atoms with Crippen molar-refractivity contribution in [3.8, 4) is 5.75 Å². The number of carbonyl (C=O) groups is 1. The molecule has 2 rings (SSSR count). The summed E-state index contributed by atoms with van der Waals surface area (Å²) in [5, 5.41) is 3.14. The van der Waals surface area contributed by atoms with Crippen LogP contribution in [-0.4, -0.2) is 44.1 Å². The first-order valence-corrected chi connectivity index (χ1v) is 7.09. The van der Waals surface area contributed by atoms with Crippen molar-refractivity contribution in [2.75, 3.05) is 26.7 Å². The fraction of sp³-hybridized carbons (Fsp3) is 0.533. The lowest BCUT2D eigenvalue weighted by Crippen LogP contribution is -2.40. The normalized spacial score (nSPS) is 16.3. The highest BCUT2D eigenvalue weighted by Gasteiger charge is 2.25. The molecule has 0 unspecified atom stereocenters. The molecular weight excluding hydrogens is 278 g/mol. The van der Waals surface area contributed by atoms with Gasteiger partial charge in [-0.15, -0.1) is 0 Å². The van der Waals surface area contributed by atoms with Crippen molar-refractivity contribution in [3.63, 3.8) is 0 Å². The lowest BCUT2D eigenvalue weighted by molar-refractivity contribution is -0.0503. The number of hydrogen-bond acceptors (Lipinski definition) is 3. The third-order valence-electron chi connectivity index (χ3n) is 3.73. The Morgan fingerprint density at radius 2 is 2.05 bits per heavy atom. The molecule has 6 heteroatoms. The number of para-hydroxylation sites is 1. The zero-order valence-electron chi connectivity index (χ0n) is 12.0. The van der Waals surface area contributed by atoms with Gasteiger partial charge in [0.15, 0.2) is 0 Å². The smallest absolute Gasteiger partial charge is 0.387 e. The average Bonchev–Trinajstić information content (AvgIpc) is 2.48. The van der Waals surface area contributed by atoms with E-state index in [4.69, 9.17) is 0 Å². The number of ether oxygens (including phenoxy) is 1. The van der Waals surface area contributed by atoms with Gasteiger partial charge in [-0.05, 0) is 44.5 Å². The van der Waals surface area contributed by atoms with Crippen LogP contribution in [0.3, 0.4) is 0 Å². The molecule has 0 aromatic heterocycles. The van der Waals surface area contributed by atoms with Crippen molar-refractivity contribution >= 4 is 5.91 Å². The molecule has 0 saturated carbocycles. The van der Waals surface area contributed by atoms with Gasteiger partial charge in [0.25, 0.3) is 5.91 Å². The Hall–Kier alpha value is -1.69. The maximum atomic E-state index is 12.5. The number of likely N-dealkylation sites (tertiary alicyclic amines) is 1. The molecule has 1 amide bonds. The number of nitrogens with zero attached hydrogens (tertiary/aromatic N) is 1. The number of piperidine rings is 1. The third kappa shape index (κ3) is 4.14. The summed E-state index contributed by atoms with van der Waals surface area (Å²) >= 11 is 0. The van der Waals surface area contributed by atoms with E-state index in [2.05, 4.69) is 10.1 Å². The molecule has 21 heavy (non-hydrogen) atoms. The van der Waals surface area contributed by atoms with Crippen molar-refractivity contribution in [2.45, 2.75) is 19.5 Å². The predicted molar refractivity (Wildman–Crippen MR) is 75.6 cm³/mol. The maximum absolute atomic E-state index is 12.5. The molecule has 1 fully saturated rings. The van der Waals surface area contributed by atoms with Crippen LogP contribution in [0.5, 0.6) is 5.75 Å². The van der Waals surface area contributed by atoms with Gasteiger partial charge >= 0.3 is 6.61 Å². The van der Waals surface area contributed by atoms with Gasteiger partial charge in [-0.25, -0.2) is 0 Å². The van der Waals surface area contributed by atoms with Gasteiger partial charge in [-0.3, -0.25) is 4.79 Å². The van der Waals surface area contributed by atoms with E-state index in [1.807, 2.05) is 7.05 Å². The molecule has 1 saturated heterocycles. The Morgan fingerprint density at radius 3 is 2.67 bits per heavy atom. The highest BCUT2D eigenvalue weighted by atomic mass is 19.3. The van der Waals surface area contributed by atoms with Crippen molar-refractivity contribution in [1.82, 2.24) is 10.2 Å². The SMILES string of the molecule is CNCC1CCN(C(=O)c2ccccc2OC(F)F)CC1. The summed E-state index contributed by atoms with van der Waals surface area (Å²) in [6, 6.07) is 6.15. The average molecular weight is 298 g/mol. The number of alkyl halides is 2. The van der Waals surface area contributed by atoms with Crippen LogP contribution in [0.25, 0.3) is 0 Å². The summed E-state index contributed by atoms with van der Waals surface area (Å²) < 4.78 is 29.2. The van der Waals surface area contributed by atoms with Crippen LogP contribution in [0.2, 0.25) is 0 Å². The Morgan fingerprint density at radius 1 is 1.38 bits per heavy atom. The van der Waals surface area contributed by atoms with E-state index in [0.29, 0.717) is 19.0 Å². The second-order valence-corrected chi connectivity index (χ2v) is 5.17. The summed E-state index contributed by atoms with van der Waals surface area (Å²) in [6.07, 6.45) is 1.84. The van der Waals surface area contributed by atoms with Crippen LogP contribution in [0.4, 0.5) is 8.78 Å². The molecule has 116 valence electrons. The molecule has 1 aliphatic rings. The molecule has 4 nitrogen and oxygen atoms in total. The number of amides is 1. The van der Waals surface area contributed by atoms with Gasteiger partial charge in [0.1, 0.15) is 5.75 Å². The first-order valence-electron chi connectivity index (χ1n) is 7.09. The largest absolute Gasteiger partial charge is 0.434 e. The first kappa shape index (κ1) is 15.7. The highest BCUT2D eigenvalue weighted by Crippen LogP contribution is 2.24. The molecule has 0 radical (unpaired) electrons. The number of benzene rings is 1. The van der Waals surface area contributed by atoms with E-state index in [1.54, 1.807) is 17.0 Å². The van der Waals surface area contributed by atoms with E-state index in [-0.39, 0.29) is 17.2 Å². The van der Waals surface area contributed by atoms with E-state index in [9.17, 15) is 13.6 Å². The predicted octanol–water partition coefficient (Wildman–Crippen LogP) is 2.36. The van der Waals surface area contributed by atoms with Crippen molar-refractivity contribution in [2.24, 2.45) is 5.92 Å². The number of halogens is 2. The fourth-order valence-corrected chi connectivity index (χ4v) is 2.64. The minimum absolute atomic E-state index is 0.0603. The number of nitrogens with one attached hydrogen (secondary N) is 1. The molecule has 1 aliphatic heterocycles. The Balaban J connectivity index is 2.04. The zero-order valence-corrected chi connectivity index (χ0v) is 12.0. The van der Waals surface area contributed by atoms with E-state index < -0.39 is 6.61 Å². The molecule has 1 N–H and O–H groups in total. The third-order valence-corrected chi connectivity index (χ3v) is 3.73. The standard InChI is InChI=1S/C15H20F2N2O2/c1-18-10-11-6-8-19(9-7-11)14(20)12-4-2-3-5-13(12)21-15(16)17/h2-5,11,15,18H,6-10H2,1H3. The van der Waals surface area contributed by atoms with Crippen LogP contribution < -0.4 is 10.1 Å². The van der Waals surface area contributed by atoms with E-state index >= 15 is 0 Å². The van der Waals surface area contributed by atoms with Gasteiger partial charge < -0.3 is 15.0 Å². The molecule has 1 heterocycles. The number of hydrogen-bond donors (Lipinski definition) is 1. The van der Waals surface area contributed by atoms with Gasteiger partial charge in [0.2, 0.25) is 0 Å². The Labute approximate surface area is 123 Å². The zero-order chi connectivity index (χ0) is 15.2. The van der Waals surface area contributed by atoms with Crippen LogP contribution in [0.15, 0.2) is 24.3 Å². The van der Waals surface area contributed by atoms with Crippen LogP contribution in [0.1, 0.15) is 23.2 Å². The Bertz CT molecular complexity index is 474. The first-order chi connectivity index (χ1) is 10.1. The van der Waals surface area contributed by atoms with Crippen LogP contribution >= 0.6 is 0 Å². The second-order valence-electron chi connectivity index (χ2n) is 5.17. The molecule has 1 aromatic carbocycles. The summed E-state index contributed by atoms with van der Waals surface area (Å²) in [7, 11) is 1.91. The minimum Gasteiger partial charge on any atom is -0.434 e. The van der Waals surface area contributed by atoms with Gasteiger partial charge in [-0.1, -0.05) is 12.1 Å². The van der Waals surface area contributed by atoms with Crippen molar-refractivity contribution in [3.05, 3.63) is 29.8 Å². The number of rotatable bonds is 5. The van der Waals surface area contributed by atoms with Crippen LogP contribution in [0, 0.1) is 5.92 Å². The molecule has 0 spiro atoms. The maximum Gasteiger partial charge on any atom is 0.387 e. The summed E-state index contributed by atoms with van der Waals surface area (Å²) in [4.78, 5) is 14.2. The Kier molecular flexibility index (Phi) is 5.50. The number of carbonyl (C=O) groups excluding carboxylic acids is 1. The van der Waals surface area contributed by atoms with Gasteiger partial charge in [0, 0.05) is 13.1 Å².